The van der Waals surface area contributed by atoms with Crippen molar-refractivity contribution < 1.29 is 4.74 Å². The second-order valence-electron chi connectivity index (χ2n) is 4.42. The Morgan fingerprint density at radius 1 is 1.38 bits per heavy atom. The van der Waals surface area contributed by atoms with Gasteiger partial charge in [0.2, 0.25) is 0 Å². The molecule has 16 heavy (non-hydrogen) atoms. The summed E-state index contributed by atoms with van der Waals surface area (Å²) in [6.45, 7) is 6.89. The summed E-state index contributed by atoms with van der Waals surface area (Å²) in [5.41, 5.74) is 9.12. The summed E-state index contributed by atoms with van der Waals surface area (Å²) >= 11 is 0. The highest BCUT2D eigenvalue weighted by Gasteiger charge is 2.36. The molecule has 1 aromatic carbocycles. The molecule has 2 rings (SSSR count). The lowest BCUT2D eigenvalue weighted by Gasteiger charge is -2.23. The third-order valence-electron chi connectivity index (χ3n) is 3.41. The van der Waals surface area contributed by atoms with Crippen molar-refractivity contribution in [2.24, 2.45) is 10.7 Å². The summed E-state index contributed by atoms with van der Waals surface area (Å²) in [5, 5.41) is 0. The molecule has 1 aromatic rings. The van der Waals surface area contributed by atoms with E-state index >= 15 is 0 Å². The fourth-order valence-electron chi connectivity index (χ4n) is 2.03. The lowest BCUT2D eigenvalue weighted by molar-refractivity contribution is 0.248. The first-order chi connectivity index (χ1) is 7.57. The summed E-state index contributed by atoms with van der Waals surface area (Å²) in [4.78, 5) is 4.45. The zero-order chi connectivity index (χ0) is 11.8. The van der Waals surface area contributed by atoms with Crippen molar-refractivity contribution in [3.63, 3.8) is 0 Å². The third-order valence-corrected chi connectivity index (χ3v) is 3.41. The van der Waals surface area contributed by atoms with Gasteiger partial charge < -0.3 is 10.5 Å². The molecule has 0 radical (unpaired) electrons. The van der Waals surface area contributed by atoms with Crippen molar-refractivity contribution in [1.82, 2.24) is 0 Å². The Labute approximate surface area is 96.3 Å². The van der Waals surface area contributed by atoms with E-state index in [0.29, 0.717) is 12.6 Å². The van der Waals surface area contributed by atoms with Gasteiger partial charge in [0.25, 0.3) is 6.02 Å². The number of aliphatic imine (C=N–C) groups is 1. The van der Waals surface area contributed by atoms with Gasteiger partial charge in [0.15, 0.2) is 0 Å². The van der Waals surface area contributed by atoms with Crippen LogP contribution in [0, 0.1) is 13.8 Å². The molecule has 1 aliphatic rings. The number of amidine groups is 1. The van der Waals surface area contributed by atoms with Crippen molar-refractivity contribution >= 4 is 6.02 Å². The normalized spacial score (nSPS) is 24.1. The van der Waals surface area contributed by atoms with Gasteiger partial charge in [-0.1, -0.05) is 25.1 Å². The van der Waals surface area contributed by atoms with Crippen LogP contribution in [-0.2, 0) is 10.3 Å². The SMILES string of the molecule is CC[C@@]1(c2ccc(C)c(C)c2)COC(N)=N1. The van der Waals surface area contributed by atoms with Crippen LogP contribution in [0.3, 0.4) is 0 Å². The summed E-state index contributed by atoms with van der Waals surface area (Å²) < 4.78 is 5.31. The number of benzene rings is 1. The fraction of sp³-hybridized carbons (Fsp3) is 0.462. The van der Waals surface area contributed by atoms with E-state index in [1.54, 1.807) is 0 Å². The zero-order valence-electron chi connectivity index (χ0n) is 10.1. The van der Waals surface area contributed by atoms with Crippen LogP contribution in [0.25, 0.3) is 0 Å². The molecule has 1 atom stereocenters. The molecule has 0 saturated carbocycles. The van der Waals surface area contributed by atoms with Crippen molar-refractivity contribution in [3.8, 4) is 0 Å². The van der Waals surface area contributed by atoms with E-state index in [9.17, 15) is 0 Å². The van der Waals surface area contributed by atoms with Gasteiger partial charge in [0.05, 0.1) is 0 Å². The topological polar surface area (TPSA) is 47.6 Å². The van der Waals surface area contributed by atoms with E-state index in [-0.39, 0.29) is 5.54 Å². The van der Waals surface area contributed by atoms with Crippen LogP contribution in [0.4, 0.5) is 0 Å². The standard InChI is InChI=1S/C13H18N2O/c1-4-13(8-16-12(14)15-13)11-6-5-9(2)10(3)7-11/h5-7H,4,8H2,1-3H3,(H2,14,15)/t13-/m0/s1. The second kappa shape index (κ2) is 3.81. The number of nitrogens with zero attached hydrogens (tertiary/aromatic N) is 1. The Kier molecular flexibility index (Phi) is 2.62. The van der Waals surface area contributed by atoms with Crippen LogP contribution >= 0.6 is 0 Å². The predicted octanol–water partition coefficient (Wildman–Crippen LogP) is 2.25. The average Bonchev–Trinajstić information content (AvgIpc) is 2.65. The Morgan fingerprint density at radius 3 is 2.62 bits per heavy atom. The average molecular weight is 218 g/mol. The number of aryl methyl sites for hydroxylation is 2. The first-order valence-electron chi connectivity index (χ1n) is 5.63. The van der Waals surface area contributed by atoms with Crippen LogP contribution in [0.15, 0.2) is 23.2 Å². The molecule has 3 heteroatoms. The molecule has 0 amide bonds. The third kappa shape index (κ3) is 1.66. The zero-order valence-corrected chi connectivity index (χ0v) is 10.1. The molecule has 86 valence electrons. The van der Waals surface area contributed by atoms with Crippen LogP contribution in [0.1, 0.15) is 30.0 Å². The van der Waals surface area contributed by atoms with E-state index in [0.717, 1.165) is 6.42 Å². The van der Waals surface area contributed by atoms with E-state index in [1.165, 1.54) is 16.7 Å². The number of ether oxygens (including phenoxy) is 1. The Balaban J connectivity index is 2.45. The van der Waals surface area contributed by atoms with Gasteiger partial charge in [0.1, 0.15) is 12.1 Å². The quantitative estimate of drug-likeness (QED) is 0.827. The maximum Gasteiger partial charge on any atom is 0.283 e. The summed E-state index contributed by atoms with van der Waals surface area (Å²) in [6, 6.07) is 6.74. The maximum atomic E-state index is 5.62. The summed E-state index contributed by atoms with van der Waals surface area (Å²) in [6.07, 6.45) is 0.899. The monoisotopic (exact) mass is 218 g/mol. The minimum atomic E-state index is -0.275. The van der Waals surface area contributed by atoms with E-state index in [2.05, 4.69) is 44.0 Å². The summed E-state index contributed by atoms with van der Waals surface area (Å²) in [7, 11) is 0. The molecule has 0 fully saturated rings. The highest BCUT2D eigenvalue weighted by molar-refractivity contribution is 5.74. The van der Waals surface area contributed by atoms with Gasteiger partial charge in [-0.2, -0.15) is 0 Å². The molecule has 0 aliphatic carbocycles. The molecule has 0 spiro atoms. The number of hydrogen-bond acceptors (Lipinski definition) is 3. The predicted molar refractivity (Wildman–Crippen MR) is 65.5 cm³/mol. The van der Waals surface area contributed by atoms with Crippen molar-refractivity contribution in [2.45, 2.75) is 32.7 Å². The van der Waals surface area contributed by atoms with Crippen LogP contribution in [0.5, 0.6) is 0 Å². The van der Waals surface area contributed by atoms with Crippen LogP contribution in [0.2, 0.25) is 0 Å². The molecule has 0 aromatic heterocycles. The van der Waals surface area contributed by atoms with Gasteiger partial charge >= 0.3 is 0 Å². The largest absolute Gasteiger partial charge is 0.462 e. The van der Waals surface area contributed by atoms with Crippen molar-refractivity contribution in [1.29, 1.82) is 0 Å². The maximum absolute atomic E-state index is 5.62. The van der Waals surface area contributed by atoms with E-state index in [4.69, 9.17) is 10.5 Å². The fourth-order valence-corrected chi connectivity index (χ4v) is 2.03. The van der Waals surface area contributed by atoms with Gasteiger partial charge in [-0.3, -0.25) is 0 Å². The van der Waals surface area contributed by atoms with E-state index in [1.807, 2.05) is 0 Å². The molecule has 1 aliphatic heterocycles. The van der Waals surface area contributed by atoms with Crippen molar-refractivity contribution in [2.75, 3.05) is 6.61 Å². The molecule has 0 unspecified atom stereocenters. The Hall–Kier alpha value is -1.51. The number of nitrogens with two attached hydrogens (primary N) is 1. The van der Waals surface area contributed by atoms with Gasteiger partial charge in [-0.25, -0.2) is 4.99 Å². The van der Waals surface area contributed by atoms with Gasteiger partial charge in [-0.15, -0.1) is 0 Å². The number of rotatable bonds is 2. The number of hydrogen-bond donors (Lipinski definition) is 1. The van der Waals surface area contributed by atoms with Crippen LogP contribution < -0.4 is 5.73 Å². The van der Waals surface area contributed by atoms with Crippen LogP contribution in [-0.4, -0.2) is 12.6 Å². The first-order valence-corrected chi connectivity index (χ1v) is 5.63. The van der Waals surface area contributed by atoms with E-state index < -0.39 is 0 Å². The van der Waals surface area contributed by atoms with Gasteiger partial charge in [0, 0.05) is 0 Å². The molecule has 1 heterocycles. The lowest BCUT2D eigenvalue weighted by atomic mass is 9.87. The first kappa shape index (κ1) is 11.0. The lowest BCUT2D eigenvalue weighted by Crippen LogP contribution is -2.24. The molecular formula is C13H18N2O. The smallest absolute Gasteiger partial charge is 0.283 e. The molecule has 0 saturated heterocycles. The molecule has 3 nitrogen and oxygen atoms in total. The molecule has 2 N–H and O–H groups in total. The Morgan fingerprint density at radius 2 is 2.12 bits per heavy atom. The van der Waals surface area contributed by atoms with Crippen molar-refractivity contribution in [3.05, 3.63) is 34.9 Å². The molecular weight excluding hydrogens is 200 g/mol. The second-order valence-corrected chi connectivity index (χ2v) is 4.42. The molecule has 0 bridgehead atoms. The Bertz CT molecular complexity index is 440. The minimum Gasteiger partial charge on any atom is -0.462 e. The summed E-state index contributed by atoms with van der Waals surface area (Å²) in [5.74, 6) is 0. The highest BCUT2D eigenvalue weighted by atomic mass is 16.5. The minimum absolute atomic E-state index is 0.275. The van der Waals surface area contributed by atoms with Gasteiger partial charge in [-0.05, 0) is 37.0 Å². The highest BCUT2D eigenvalue weighted by Crippen LogP contribution is 2.34.